The van der Waals surface area contributed by atoms with E-state index in [2.05, 4.69) is 9.71 Å². The van der Waals surface area contributed by atoms with Gasteiger partial charge in [-0.25, -0.2) is 22.9 Å². The van der Waals surface area contributed by atoms with Crippen molar-refractivity contribution in [3.8, 4) is 5.75 Å². The molecule has 0 saturated heterocycles. The molecule has 112 valence electrons. The second-order valence-electron chi connectivity index (χ2n) is 3.91. The van der Waals surface area contributed by atoms with E-state index < -0.39 is 16.0 Å². The minimum absolute atomic E-state index is 0.0162. The van der Waals surface area contributed by atoms with Crippen LogP contribution in [0.25, 0.3) is 0 Å². The summed E-state index contributed by atoms with van der Waals surface area (Å²) >= 11 is 1.07. The molecule has 1 aromatic heterocycles. The Hall–Kier alpha value is -1.97. The number of methoxy groups -OCH3 is 1. The highest BCUT2D eigenvalue weighted by Crippen LogP contribution is 2.22. The molecule has 1 aromatic carbocycles. The molecule has 7 nitrogen and oxygen atoms in total. The summed E-state index contributed by atoms with van der Waals surface area (Å²) in [6.45, 7) is -0.0850. The summed E-state index contributed by atoms with van der Waals surface area (Å²) < 4.78 is 31.8. The van der Waals surface area contributed by atoms with E-state index in [4.69, 9.17) is 9.84 Å². The molecule has 0 bridgehead atoms. The van der Waals surface area contributed by atoms with Gasteiger partial charge in [0.25, 0.3) is 0 Å². The van der Waals surface area contributed by atoms with Gasteiger partial charge in [-0.15, -0.1) is 11.3 Å². The van der Waals surface area contributed by atoms with Gasteiger partial charge in [-0.05, 0) is 12.1 Å². The molecule has 0 aliphatic heterocycles. The van der Waals surface area contributed by atoms with Crippen LogP contribution in [0.2, 0.25) is 0 Å². The van der Waals surface area contributed by atoms with Gasteiger partial charge in [0, 0.05) is 5.38 Å². The Kier molecular flexibility index (Phi) is 4.56. The Labute approximate surface area is 125 Å². The zero-order valence-electron chi connectivity index (χ0n) is 10.9. The van der Waals surface area contributed by atoms with Gasteiger partial charge in [0.05, 0.1) is 13.7 Å². The second-order valence-corrected chi connectivity index (χ2v) is 6.59. The summed E-state index contributed by atoms with van der Waals surface area (Å²) in [6, 6.07) is 6.22. The van der Waals surface area contributed by atoms with Crippen molar-refractivity contribution in [2.45, 2.75) is 11.4 Å². The standard InChI is InChI=1S/C12H12N2O5S2/c1-19-9-4-2-3-5-10(9)21(17,18)13-6-11-14-8(7-20-11)12(15)16/h2-5,7,13H,6H2,1H3,(H,15,16). The molecule has 9 heteroatoms. The van der Waals surface area contributed by atoms with Gasteiger partial charge in [-0.1, -0.05) is 12.1 Å². The Morgan fingerprint density at radius 3 is 2.76 bits per heavy atom. The summed E-state index contributed by atoms with van der Waals surface area (Å²) in [5.74, 6) is -0.916. The van der Waals surface area contributed by atoms with E-state index in [1.165, 1.54) is 18.6 Å². The molecule has 0 fully saturated rings. The largest absolute Gasteiger partial charge is 0.495 e. The fourth-order valence-electron chi connectivity index (χ4n) is 1.57. The zero-order valence-corrected chi connectivity index (χ0v) is 12.6. The van der Waals surface area contributed by atoms with Gasteiger partial charge in [-0.3, -0.25) is 0 Å². The van der Waals surface area contributed by atoms with Crippen LogP contribution in [0.5, 0.6) is 5.75 Å². The Morgan fingerprint density at radius 1 is 1.43 bits per heavy atom. The van der Waals surface area contributed by atoms with Crippen molar-refractivity contribution in [3.05, 3.63) is 40.3 Å². The molecule has 0 spiro atoms. The number of aromatic carboxylic acids is 1. The van der Waals surface area contributed by atoms with Gasteiger partial charge in [0.2, 0.25) is 10.0 Å². The van der Waals surface area contributed by atoms with E-state index in [1.807, 2.05) is 0 Å². The highest BCUT2D eigenvalue weighted by molar-refractivity contribution is 7.89. The number of rotatable bonds is 6. The van der Waals surface area contributed by atoms with Crippen molar-refractivity contribution >= 4 is 27.3 Å². The van der Waals surface area contributed by atoms with E-state index >= 15 is 0 Å². The minimum atomic E-state index is -3.77. The Bertz CT molecular complexity index is 755. The maximum atomic E-state index is 12.2. The number of carboxylic acid groups (broad SMARTS) is 1. The summed E-state index contributed by atoms with van der Waals surface area (Å²) in [7, 11) is -2.38. The molecule has 2 N–H and O–H groups in total. The molecule has 0 aliphatic rings. The summed E-state index contributed by atoms with van der Waals surface area (Å²) in [5, 5.41) is 10.5. The van der Waals surface area contributed by atoms with Crippen molar-refractivity contribution in [1.82, 2.24) is 9.71 Å². The van der Waals surface area contributed by atoms with E-state index in [-0.39, 0.29) is 22.9 Å². The lowest BCUT2D eigenvalue weighted by molar-refractivity contribution is 0.0691. The number of sulfonamides is 1. The van der Waals surface area contributed by atoms with Crippen LogP contribution in [0.3, 0.4) is 0 Å². The van der Waals surface area contributed by atoms with E-state index in [0.29, 0.717) is 5.01 Å². The highest BCUT2D eigenvalue weighted by atomic mass is 32.2. The predicted molar refractivity (Wildman–Crippen MR) is 76.1 cm³/mol. The lowest BCUT2D eigenvalue weighted by Crippen LogP contribution is -2.23. The summed E-state index contributed by atoms with van der Waals surface area (Å²) in [6.07, 6.45) is 0. The van der Waals surface area contributed by atoms with Gasteiger partial charge in [-0.2, -0.15) is 0 Å². The monoisotopic (exact) mass is 328 g/mol. The van der Waals surface area contributed by atoms with Crippen molar-refractivity contribution in [2.24, 2.45) is 0 Å². The third-order valence-electron chi connectivity index (χ3n) is 2.54. The summed E-state index contributed by atoms with van der Waals surface area (Å²) in [4.78, 5) is 14.5. The van der Waals surface area contributed by atoms with Crippen molar-refractivity contribution < 1.29 is 23.1 Å². The molecule has 0 unspecified atom stereocenters. The number of aromatic nitrogens is 1. The first-order valence-electron chi connectivity index (χ1n) is 5.74. The van der Waals surface area contributed by atoms with E-state index in [9.17, 15) is 13.2 Å². The van der Waals surface area contributed by atoms with E-state index in [0.717, 1.165) is 11.3 Å². The zero-order chi connectivity index (χ0) is 15.5. The van der Waals surface area contributed by atoms with Gasteiger partial charge in [0.15, 0.2) is 5.69 Å². The third-order valence-corrected chi connectivity index (χ3v) is 4.83. The average Bonchev–Trinajstić information content (AvgIpc) is 2.94. The van der Waals surface area contributed by atoms with Crippen LogP contribution < -0.4 is 9.46 Å². The fraction of sp³-hybridized carbons (Fsp3) is 0.167. The molecule has 2 rings (SSSR count). The minimum Gasteiger partial charge on any atom is -0.495 e. The maximum Gasteiger partial charge on any atom is 0.355 e. The van der Waals surface area contributed by atoms with Crippen LogP contribution >= 0.6 is 11.3 Å². The van der Waals surface area contributed by atoms with Gasteiger partial charge < -0.3 is 9.84 Å². The number of hydrogen-bond acceptors (Lipinski definition) is 6. The third kappa shape index (κ3) is 3.57. The molecule has 0 saturated carbocycles. The first kappa shape index (κ1) is 15.4. The number of hydrogen-bond donors (Lipinski definition) is 2. The van der Waals surface area contributed by atoms with Crippen LogP contribution in [-0.4, -0.2) is 31.6 Å². The summed E-state index contributed by atoms with van der Waals surface area (Å²) in [5.41, 5.74) is -0.105. The molecular formula is C12H12N2O5S2. The van der Waals surface area contributed by atoms with Crippen LogP contribution in [0, 0.1) is 0 Å². The van der Waals surface area contributed by atoms with Crippen LogP contribution in [0.15, 0.2) is 34.5 Å². The first-order valence-corrected chi connectivity index (χ1v) is 8.10. The fourth-order valence-corrected chi connectivity index (χ4v) is 3.52. The van der Waals surface area contributed by atoms with Crippen molar-refractivity contribution in [2.75, 3.05) is 7.11 Å². The first-order chi connectivity index (χ1) is 9.94. The number of para-hydroxylation sites is 1. The number of carbonyl (C=O) groups is 1. The second kappa shape index (κ2) is 6.20. The molecule has 21 heavy (non-hydrogen) atoms. The molecule has 2 aromatic rings. The Balaban J connectivity index is 2.15. The SMILES string of the molecule is COc1ccccc1S(=O)(=O)NCc1nc(C(=O)O)cs1. The number of nitrogens with one attached hydrogen (secondary N) is 1. The Morgan fingerprint density at radius 2 is 2.14 bits per heavy atom. The molecule has 0 aliphatic carbocycles. The lowest BCUT2D eigenvalue weighted by atomic mass is 10.3. The lowest BCUT2D eigenvalue weighted by Gasteiger charge is -2.09. The average molecular weight is 328 g/mol. The molecule has 0 amide bonds. The topological polar surface area (TPSA) is 106 Å². The molecular weight excluding hydrogens is 316 g/mol. The van der Waals surface area contributed by atoms with Crippen LogP contribution in [-0.2, 0) is 16.6 Å². The van der Waals surface area contributed by atoms with Crippen LogP contribution in [0.4, 0.5) is 0 Å². The number of carboxylic acids is 1. The highest BCUT2D eigenvalue weighted by Gasteiger charge is 2.19. The number of nitrogens with zero attached hydrogens (tertiary/aromatic N) is 1. The number of thiazole rings is 1. The quantitative estimate of drug-likeness (QED) is 0.828. The van der Waals surface area contributed by atoms with Gasteiger partial charge >= 0.3 is 5.97 Å². The van der Waals surface area contributed by atoms with Crippen molar-refractivity contribution in [3.63, 3.8) is 0 Å². The number of benzene rings is 1. The van der Waals surface area contributed by atoms with Crippen molar-refractivity contribution in [1.29, 1.82) is 0 Å². The molecule has 1 heterocycles. The molecule has 0 radical (unpaired) electrons. The smallest absolute Gasteiger partial charge is 0.355 e. The maximum absolute atomic E-state index is 12.2. The van der Waals surface area contributed by atoms with Crippen LogP contribution in [0.1, 0.15) is 15.5 Å². The normalized spacial score (nSPS) is 11.3. The van der Waals surface area contributed by atoms with Gasteiger partial charge in [0.1, 0.15) is 15.7 Å². The predicted octanol–water partition coefficient (Wildman–Crippen LogP) is 1.33. The molecule has 0 atom stereocenters. The number of ether oxygens (including phenoxy) is 1. The van der Waals surface area contributed by atoms with E-state index in [1.54, 1.807) is 18.2 Å².